The summed E-state index contributed by atoms with van der Waals surface area (Å²) < 4.78 is 1.56. The molecule has 0 fully saturated rings. The fraction of sp³-hybridized carbons (Fsp3) is 0.105. The average Bonchev–Trinajstić information content (AvgIpc) is 3.06. The van der Waals surface area contributed by atoms with Gasteiger partial charge in [-0.3, -0.25) is 9.59 Å². The number of nitrogens with one attached hydrogen (secondary N) is 2. The SMILES string of the molecule is O=C1C[C@@H](C(=O)Nc2ccccc2)n2nc(-c3ccc(Cl)cc3)cc2N1. The number of para-hydroxylation sites is 1. The predicted octanol–water partition coefficient (Wildman–Crippen LogP) is 3.73. The van der Waals surface area contributed by atoms with E-state index in [1.165, 1.54) is 0 Å². The van der Waals surface area contributed by atoms with Crippen LogP contribution in [0.2, 0.25) is 5.02 Å². The van der Waals surface area contributed by atoms with Crippen molar-refractivity contribution in [3.05, 3.63) is 65.7 Å². The molecule has 0 bridgehead atoms. The molecule has 1 atom stereocenters. The van der Waals surface area contributed by atoms with Crippen molar-refractivity contribution >= 4 is 34.9 Å². The number of fused-ring (bicyclic) bond motifs is 1. The van der Waals surface area contributed by atoms with Gasteiger partial charge in [0.05, 0.1) is 12.1 Å². The molecule has 4 rings (SSSR count). The number of carbonyl (C=O) groups excluding carboxylic acids is 2. The van der Waals surface area contributed by atoms with Gasteiger partial charge in [0.1, 0.15) is 11.9 Å². The van der Waals surface area contributed by atoms with E-state index in [2.05, 4.69) is 15.7 Å². The highest BCUT2D eigenvalue weighted by atomic mass is 35.5. The summed E-state index contributed by atoms with van der Waals surface area (Å²) in [6.07, 6.45) is 0.0351. The van der Waals surface area contributed by atoms with Gasteiger partial charge in [-0.05, 0) is 24.3 Å². The van der Waals surface area contributed by atoms with Gasteiger partial charge in [-0.2, -0.15) is 5.10 Å². The molecule has 2 aromatic carbocycles. The lowest BCUT2D eigenvalue weighted by molar-refractivity contribution is -0.125. The van der Waals surface area contributed by atoms with Crippen LogP contribution in [0.3, 0.4) is 0 Å². The molecule has 0 unspecified atom stereocenters. The molecule has 0 saturated heterocycles. The minimum absolute atomic E-state index is 0.0351. The normalized spacial score (nSPS) is 15.9. The summed E-state index contributed by atoms with van der Waals surface area (Å²) in [5, 5.41) is 10.8. The molecule has 7 heteroatoms. The van der Waals surface area contributed by atoms with Crippen molar-refractivity contribution in [1.82, 2.24) is 9.78 Å². The van der Waals surface area contributed by atoms with Crippen LogP contribution in [0.25, 0.3) is 11.3 Å². The van der Waals surface area contributed by atoms with Gasteiger partial charge in [-0.15, -0.1) is 0 Å². The second-order valence-electron chi connectivity index (χ2n) is 5.99. The lowest BCUT2D eigenvalue weighted by Gasteiger charge is -2.23. The Hall–Kier alpha value is -3.12. The third-order valence-corrected chi connectivity index (χ3v) is 4.41. The number of hydrogen-bond donors (Lipinski definition) is 2. The second kappa shape index (κ2) is 6.65. The van der Waals surface area contributed by atoms with Gasteiger partial charge < -0.3 is 10.6 Å². The number of amides is 2. The zero-order valence-corrected chi connectivity index (χ0v) is 14.4. The van der Waals surface area contributed by atoms with Crippen molar-refractivity contribution in [2.75, 3.05) is 10.6 Å². The van der Waals surface area contributed by atoms with Gasteiger partial charge in [-0.1, -0.05) is 41.9 Å². The Morgan fingerprint density at radius 3 is 2.62 bits per heavy atom. The van der Waals surface area contributed by atoms with Gasteiger partial charge in [0, 0.05) is 22.3 Å². The first-order valence-corrected chi connectivity index (χ1v) is 8.49. The summed E-state index contributed by atoms with van der Waals surface area (Å²) in [6, 6.07) is 17.4. The van der Waals surface area contributed by atoms with Crippen molar-refractivity contribution in [3.63, 3.8) is 0 Å². The minimum Gasteiger partial charge on any atom is -0.324 e. The molecule has 2 amide bonds. The lowest BCUT2D eigenvalue weighted by Crippen LogP contribution is -2.35. The van der Waals surface area contributed by atoms with E-state index in [0.29, 0.717) is 22.2 Å². The van der Waals surface area contributed by atoms with E-state index in [4.69, 9.17) is 11.6 Å². The summed E-state index contributed by atoms with van der Waals surface area (Å²) in [4.78, 5) is 24.7. The molecule has 0 radical (unpaired) electrons. The topological polar surface area (TPSA) is 76.0 Å². The molecule has 2 heterocycles. The number of aromatic nitrogens is 2. The van der Waals surface area contributed by atoms with Crippen molar-refractivity contribution in [2.45, 2.75) is 12.5 Å². The number of rotatable bonds is 3. The number of nitrogens with zero attached hydrogens (tertiary/aromatic N) is 2. The second-order valence-corrected chi connectivity index (χ2v) is 6.43. The maximum absolute atomic E-state index is 12.7. The summed E-state index contributed by atoms with van der Waals surface area (Å²) in [6.45, 7) is 0. The van der Waals surface area contributed by atoms with Gasteiger partial charge in [0.2, 0.25) is 11.8 Å². The fourth-order valence-electron chi connectivity index (χ4n) is 2.89. The molecule has 0 spiro atoms. The summed E-state index contributed by atoms with van der Waals surface area (Å²) >= 11 is 5.93. The smallest absolute Gasteiger partial charge is 0.249 e. The molecular formula is C19H15ClN4O2. The molecule has 6 nitrogen and oxygen atoms in total. The first-order valence-electron chi connectivity index (χ1n) is 8.11. The quantitative estimate of drug-likeness (QED) is 0.741. The predicted molar refractivity (Wildman–Crippen MR) is 100 cm³/mol. The van der Waals surface area contributed by atoms with E-state index < -0.39 is 6.04 Å². The van der Waals surface area contributed by atoms with Crippen LogP contribution < -0.4 is 10.6 Å². The Morgan fingerprint density at radius 2 is 1.88 bits per heavy atom. The molecule has 3 aromatic rings. The Morgan fingerprint density at radius 1 is 1.15 bits per heavy atom. The molecule has 0 saturated carbocycles. The molecular weight excluding hydrogens is 352 g/mol. The maximum Gasteiger partial charge on any atom is 0.249 e. The van der Waals surface area contributed by atoms with Crippen LogP contribution in [-0.2, 0) is 9.59 Å². The van der Waals surface area contributed by atoms with Crippen molar-refractivity contribution in [3.8, 4) is 11.3 Å². The number of carbonyl (C=O) groups is 2. The molecule has 0 aliphatic carbocycles. The third-order valence-electron chi connectivity index (χ3n) is 4.16. The van der Waals surface area contributed by atoms with Crippen LogP contribution in [0.5, 0.6) is 0 Å². The zero-order chi connectivity index (χ0) is 18.1. The van der Waals surface area contributed by atoms with Gasteiger partial charge in [0.15, 0.2) is 0 Å². The van der Waals surface area contributed by atoms with Crippen LogP contribution in [0.1, 0.15) is 12.5 Å². The molecule has 1 aliphatic heterocycles. The van der Waals surface area contributed by atoms with Crippen LogP contribution >= 0.6 is 11.6 Å². The first-order chi connectivity index (χ1) is 12.6. The van der Waals surface area contributed by atoms with Crippen LogP contribution in [-0.4, -0.2) is 21.6 Å². The summed E-state index contributed by atoms with van der Waals surface area (Å²) in [7, 11) is 0. The van der Waals surface area contributed by atoms with Crippen LogP contribution in [0, 0.1) is 0 Å². The average molecular weight is 367 g/mol. The van der Waals surface area contributed by atoms with E-state index in [-0.39, 0.29) is 18.2 Å². The molecule has 1 aromatic heterocycles. The maximum atomic E-state index is 12.7. The minimum atomic E-state index is -0.708. The third kappa shape index (κ3) is 3.19. The first kappa shape index (κ1) is 16.4. The molecule has 2 N–H and O–H groups in total. The molecule has 130 valence electrons. The Kier molecular flexibility index (Phi) is 4.18. The number of anilines is 2. The molecule has 1 aliphatic rings. The van der Waals surface area contributed by atoms with E-state index >= 15 is 0 Å². The van der Waals surface area contributed by atoms with Crippen molar-refractivity contribution in [2.24, 2.45) is 0 Å². The Balaban J connectivity index is 1.65. The van der Waals surface area contributed by atoms with Crippen LogP contribution in [0.4, 0.5) is 11.5 Å². The van der Waals surface area contributed by atoms with E-state index in [1.807, 2.05) is 30.3 Å². The molecule has 26 heavy (non-hydrogen) atoms. The Labute approximate surface area is 154 Å². The number of halogens is 1. The summed E-state index contributed by atoms with van der Waals surface area (Å²) in [5.41, 5.74) is 2.19. The van der Waals surface area contributed by atoms with E-state index in [1.54, 1.807) is 35.0 Å². The Bertz CT molecular complexity index is 967. The highest BCUT2D eigenvalue weighted by Gasteiger charge is 2.32. The largest absolute Gasteiger partial charge is 0.324 e. The summed E-state index contributed by atoms with van der Waals surface area (Å²) in [5.74, 6) is 0.00531. The number of hydrogen-bond acceptors (Lipinski definition) is 3. The lowest BCUT2D eigenvalue weighted by atomic mass is 10.1. The van der Waals surface area contributed by atoms with E-state index in [0.717, 1.165) is 5.56 Å². The van der Waals surface area contributed by atoms with Gasteiger partial charge >= 0.3 is 0 Å². The highest BCUT2D eigenvalue weighted by molar-refractivity contribution is 6.30. The zero-order valence-electron chi connectivity index (χ0n) is 13.6. The fourth-order valence-corrected chi connectivity index (χ4v) is 3.02. The standard InChI is InChI=1S/C19H15ClN4O2/c20-13-8-6-12(7-9-13)15-10-17-22-18(25)11-16(24(17)23-15)19(26)21-14-4-2-1-3-5-14/h1-10,16H,11H2,(H,21,26)(H,22,25)/t16-/m0/s1. The van der Waals surface area contributed by atoms with Gasteiger partial charge in [0.25, 0.3) is 0 Å². The van der Waals surface area contributed by atoms with E-state index in [9.17, 15) is 9.59 Å². The van der Waals surface area contributed by atoms with Crippen molar-refractivity contribution in [1.29, 1.82) is 0 Å². The van der Waals surface area contributed by atoms with Gasteiger partial charge in [-0.25, -0.2) is 4.68 Å². The monoisotopic (exact) mass is 366 g/mol. The van der Waals surface area contributed by atoms with Crippen LogP contribution in [0.15, 0.2) is 60.7 Å². The van der Waals surface area contributed by atoms with Crippen molar-refractivity contribution < 1.29 is 9.59 Å². The highest BCUT2D eigenvalue weighted by Crippen LogP contribution is 2.30. The number of benzene rings is 2.